The van der Waals surface area contributed by atoms with Crippen LogP contribution < -0.4 is 10.6 Å². The molecule has 2 aliphatic rings. The molecule has 0 aromatic rings. The molecule has 2 atom stereocenters. The van der Waals surface area contributed by atoms with Gasteiger partial charge in [-0.3, -0.25) is 0 Å². The average molecular weight is 288 g/mol. The van der Waals surface area contributed by atoms with Gasteiger partial charge in [0.15, 0.2) is 0 Å². The first-order valence-corrected chi connectivity index (χ1v) is 3.91. The predicted octanol–water partition coefficient (Wildman–Crippen LogP) is 1.11. The molecule has 0 aromatic heterocycles. The minimum Gasteiger partial charge on any atom is -0.315 e. The van der Waals surface area contributed by atoms with Gasteiger partial charge in [0.05, 0.1) is 0 Å². The molecule has 0 saturated carbocycles. The number of fused-ring (bicyclic) bond motifs is 1. The lowest BCUT2D eigenvalue weighted by Gasteiger charge is -2.24. The zero-order valence-electron chi connectivity index (χ0n) is 6.51. The van der Waals surface area contributed by atoms with Crippen molar-refractivity contribution in [3.63, 3.8) is 0 Å². The van der Waals surface area contributed by atoms with E-state index in [-0.39, 0.29) is 34.0 Å². The third-order valence-electron chi connectivity index (χ3n) is 2.50. The highest BCUT2D eigenvalue weighted by Crippen LogP contribution is 2.18. The summed E-state index contributed by atoms with van der Waals surface area (Å²) >= 11 is 0. The Morgan fingerprint density at radius 1 is 1.09 bits per heavy atom. The van der Waals surface area contributed by atoms with Crippen molar-refractivity contribution in [3.05, 3.63) is 0 Å². The molecule has 0 bridgehead atoms. The highest BCUT2D eigenvalue weighted by atomic mass is 79.9. The second kappa shape index (κ2) is 5.51. The van der Waals surface area contributed by atoms with E-state index in [4.69, 9.17) is 0 Å². The predicted molar refractivity (Wildman–Crippen MR) is 58.0 cm³/mol. The highest BCUT2D eigenvalue weighted by Gasteiger charge is 2.28. The van der Waals surface area contributed by atoms with Crippen molar-refractivity contribution in [2.75, 3.05) is 19.6 Å². The van der Waals surface area contributed by atoms with E-state index in [9.17, 15) is 0 Å². The van der Waals surface area contributed by atoms with Gasteiger partial charge in [-0.05, 0) is 31.8 Å². The van der Waals surface area contributed by atoms with Gasteiger partial charge in [0, 0.05) is 12.6 Å². The van der Waals surface area contributed by atoms with Gasteiger partial charge in [-0.1, -0.05) is 0 Å². The number of piperidine rings is 1. The molecule has 2 saturated heterocycles. The molecule has 68 valence electrons. The van der Waals surface area contributed by atoms with Crippen molar-refractivity contribution in [1.29, 1.82) is 0 Å². The van der Waals surface area contributed by atoms with Gasteiger partial charge in [0.1, 0.15) is 0 Å². The minimum atomic E-state index is 0. The van der Waals surface area contributed by atoms with Crippen LogP contribution in [-0.4, -0.2) is 25.7 Å². The molecule has 0 spiro atoms. The Bertz CT molecular complexity index is 98.6. The number of nitrogens with one attached hydrogen (secondary N) is 2. The number of hydrogen-bond acceptors (Lipinski definition) is 2. The standard InChI is InChI=1S/C7H14N2.2BrH/c1-2-6-4-8-5-7(6)9-3-1;;/h6-9H,1-5H2;2*1H. The molecule has 2 unspecified atom stereocenters. The zero-order valence-corrected chi connectivity index (χ0v) is 9.93. The summed E-state index contributed by atoms with van der Waals surface area (Å²) in [4.78, 5) is 0. The quantitative estimate of drug-likeness (QED) is 0.698. The molecule has 2 heterocycles. The Morgan fingerprint density at radius 2 is 1.91 bits per heavy atom. The van der Waals surface area contributed by atoms with Crippen molar-refractivity contribution in [3.8, 4) is 0 Å². The van der Waals surface area contributed by atoms with E-state index in [1.165, 1.54) is 32.5 Å². The van der Waals surface area contributed by atoms with Crippen molar-refractivity contribution >= 4 is 34.0 Å². The summed E-state index contributed by atoms with van der Waals surface area (Å²) in [6, 6.07) is 0.804. The van der Waals surface area contributed by atoms with Gasteiger partial charge in [0.25, 0.3) is 0 Å². The Hall–Kier alpha value is 0.880. The van der Waals surface area contributed by atoms with Gasteiger partial charge in [0.2, 0.25) is 0 Å². The van der Waals surface area contributed by atoms with Crippen LogP contribution >= 0.6 is 34.0 Å². The lowest BCUT2D eigenvalue weighted by Crippen LogP contribution is -2.40. The first-order chi connectivity index (χ1) is 4.47. The van der Waals surface area contributed by atoms with Crippen molar-refractivity contribution < 1.29 is 0 Å². The lowest BCUT2D eigenvalue weighted by molar-refractivity contribution is 0.339. The summed E-state index contributed by atoms with van der Waals surface area (Å²) in [7, 11) is 0. The first-order valence-electron chi connectivity index (χ1n) is 3.91. The fraction of sp³-hybridized carbons (Fsp3) is 1.00. The van der Waals surface area contributed by atoms with Gasteiger partial charge >= 0.3 is 0 Å². The van der Waals surface area contributed by atoms with Crippen LogP contribution in [0.25, 0.3) is 0 Å². The molecule has 2 rings (SSSR count). The van der Waals surface area contributed by atoms with Gasteiger partial charge in [-0.2, -0.15) is 0 Å². The Morgan fingerprint density at radius 3 is 2.64 bits per heavy atom. The smallest absolute Gasteiger partial charge is 0.0232 e. The molecular formula is C7H16Br2N2. The Kier molecular flexibility index (Phi) is 5.95. The second-order valence-corrected chi connectivity index (χ2v) is 3.12. The monoisotopic (exact) mass is 286 g/mol. The molecule has 0 aliphatic carbocycles. The molecular weight excluding hydrogens is 272 g/mol. The molecule has 11 heavy (non-hydrogen) atoms. The number of hydrogen-bond donors (Lipinski definition) is 2. The van der Waals surface area contributed by atoms with Crippen LogP contribution in [0.15, 0.2) is 0 Å². The minimum absolute atomic E-state index is 0. The van der Waals surface area contributed by atoms with Crippen LogP contribution in [0.3, 0.4) is 0 Å². The largest absolute Gasteiger partial charge is 0.315 e. The maximum Gasteiger partial charge on any atom is 0.0232 e. The zero-order chi connectivity index (χ0) is 6.10. The number of rotatable bonds is 0. The fourth-order valence-electron chi connectivity index (χ4n) is 1.93. The van der Waals surface area contributed by atoms with E-state index in [0.29, 0.717) is 0 Å². The topological polar surface area (TPSA) is 24.1 Å². The van der Waals surface area contributed by atoms with Crippen LogP contribution in [0.2, 0.25) is 0 Å². The van der Waals surface area contributed by atoms with E-state index in [1.54, 1.807) is 0 Å². The van der Waals surface area contributed by atoms with Crippen LogP contribution in [0.4, 0.5) is 0 Å². The maximum absolute atomic E-state index is 3.52. The van der Waals surface area contributed by atoms with E-state index < -0.39 is 0 Å². The van der Waals surface area contributed by atoms with Crippen molar-refractivity contribution in [1.82, 2.24) is 10.6 Å². The Balaban J connectivity index is 0.000000500. The molecule has 0 aromatic carbocycles. The molecule has 0 radical (unpaired) electrons. The van der Waals surface area contributed by atoms with Crippen LogP contribution in [0, 0.1) is 5.92 Å². The van der Waals surface area contributed by atoms with Gasteiger partial charge in [-0.25, -0.2) is 0 Å². The average Bonchev–Trinajstić information content (AvgIpc) is 2.33. The summed E-state index contributed by atoms with van der Waals surface area (Å²) in [6.07, 6.45) is 2.81. The summed E-state index contributed by atoms with van der Waals surface area (Å²) in [5.41, 5.74) is 0. The van der Waals surface area contributed by atoms with E-state index in [0.717, 1.165) is 12.0 Å². The van der Waals surface area contributed by atoms with Crippen LogP contribution in [-0.2, 0) is 0 Å². The highest BCUT2D eigenvalue weighted by molar-refractivity contribution is 8.93. The van der Waals surface area contributed by atoms with Crippen LogP contribution in [0.5, 0.6) is 0 Å². The summed E-state index contributed by atoms with van der Waals surface area (Å²) in [5, 5.41) is 6.92. The first kappa shape index (κ1) is 11.9. The molecule has 2 nitrogen and oxygen atoms in total. The lowest BCUT2D eigenvalue weighted by atomic mass is 9.94. The van der Waals surface area contributed by atoms with E-state index in [1.807, 2.05) is 0 Å². The normalized spacial score (nSPS) is 34.9. The third kappa shape index (κ3) is 2.68. The molecule has 2 N–H and O–H groups in total. The third-order valence-corrected chi connectivity index (χ3v) is 2.50. The van der Waals surface area contributed by atoms with Crippen LogP contribution in [0.1, 0.15) is 12.8 Å². The maximum atomic E-state index is 3.52. The van der Waals surface area contributed by atoms with E-state index in [2.05, 4.69) is 10.6 Å². The Labute approximate surface area is 89.0 Å². The van der Waals surface area contributed by atoms with Gasteiger partial charge in [-0.15, -0.1) is 34.0 Å². The van der Waals surface area contributed by atoms with Gasteiger partial charge < -0.3 is 10.6 Å². The molecule has 4 heteroatoms. The summed E-state index contributed by atoms with van der Waals surface area (Å²) in [6.45, 7) is 3.69. The second-order valence-electron chi connectivity index (χ2n) is 3.12. The van der Waals surface area contributed by atoms with E-state index >= 15 is 0 Å². The number of halogens is 2. The molecule has 0 amide bonds. The van der Waals surface area contributed by atoms with Crippen molar-refractivity contribution in [2.45, 2.75) is 18.9 Å². The fourth-order valence-corrected chi connectivity index (χ4v) is 1.93. The SMILES string of the molecule is Br.Br.C1CNC2CNCC2C1. The molecule has 2 aliphatic heterocycles. The molecule has 2 fully saturated rings. The van der Waals surface area contributed by atoms with Crippen molar-refractivity contribution in [2.24, 2.45) is 5.92 Å². The summed E-state index contributed by atoms with van der Waals surface area (Å²) in [5.74, 6) is 0.943. The summed E-state index contributed by atoms with van der Waals surface area (Å²) < 4.78 is 0.